The van der Waals surface area contributed by atoms with Crippen LogP contribution in [0.4, 0.5) is 11.6 Å². The zero-order chi connectivity index (χ0) is 15.0. The summed E-state index contributed by atoms with van der Waals surface area (Å²) >= 11 is 0. The summed E-state index contributed by atoms with van der Waals surface area (Å²) in [7, 11) is -1.36. The first-order valence-electron chi connectivity index (χ1n) is 6.25. The minimum absolute atomic E-state index is 0.103. The maximum atomic E-state index is 12.2. The quantitative estimate of drug-likeness (QED) is 0.817. The van der Waals surface area contributed by atoms with Gasteiger partial charge in [0.15, 0.2) is 0 Å². The Labute approximate surface area is 123 Å². The highest BCUT2D eigenvalue weighted by atomic mass is 32.2. The van der Waals surface area contributed by atoms with Crippen LogP contribution in [0.2, 0.25) is 0 Å². The molecule has 21 heavy (non-hydrogen) atoms. The average Bonchev–Trinajstić information content (AvgIpc) is 2.77. The summed E-state index contributed by atoms with van der Waals surface area (Å²) < 4.78 is 11.6. The highest BCUT2D eigenvalue weighted by Gasteiger charge is 2.32. The van der Waals surface area contributed by atoms with E-state index in [1.165, 1.54) is 11.2 Å². The normalized spacial score (nSPS) is 15.1. The van der Waals surface area contributed by atoms with Crippen molar-refractivity contribution in [2.45, 2.75) is 18.1 Å². The van der Waals surface area contributed by atoms with Crippen molar-refractivity contribution < 1.29 is 9.00 Å². The van der Waals surface area contributed by atoms with Crippen LogP contribution in [0.15, 0.2) is 29.7 Å². The lowest BCUT2D eigenvalue weighted by molar-refractivity contribution is -0.117. The second-order valence-electron chi connectivity index (χ2n) is 4.67. The lowest BCUT2D eigenvalue weighted by atomic mass is 10.2. The first kappa shape index (κ1) is 13.6. The van der Waals surface area contributed by atoms with Crippen molar-refractivity contribution in [3.63, 3.8) is 0 Å². The number of hydrogen-bond acceptors (Lipinski definition) is 6. The Bertz CT molecular complexity index is 735. The fourth-order valence-electron chi connectivity index (χ4n) is 2.19. The van der Waals surface area contributed by atoms with Crippen LogP contribution in [0.5, 0.6) is 0 Å². The van der Waals surface area contributed by atoms with E-state index in [1.54, 1.807) is 18.5 Å². The van der Waals surface area contributed by atoms with E-state index >= 15 is 0 Å². The molecule has 0 aliphatic carbocycles. The maximum absolute atomic E-state index is 12.2. The van der Waals surface area contributed by atoms with E-state index in [1.807, 2.05) is 6.07 Å². The smallest absolute Gasteiger partial charge is 0.233 e. The molecule has 2 aromatic rings. The Hall–Kier alpha value is -2.35. The standard InChI is InChI=1S/C13H13N5O2S/c1-21(20)13-16-11(14)9-5-10(19)18(12(9)17-13)7-8-3-2-4-15-6-8/h2-4,6H,5,7H2,1H3,(H2,14,16,17). The second-order valence-corrected chi connectivity index (χ2v) is 5.94. The van der Waals surface area contributed by atoms with Crippen LogP contribution in [-0.2, 0) is 28.6 Å². The monoisotopic (exact) mass is 303 g/mol. The van der Waals surface area contributed by atoms with Crippen molar-refractivity contribution in [3.8, 4) is 0 Å². The molecule has 0 saturated heterocycles. The molecule has 0 saturated carbocycles. The van der Waals surface area contributed by atoms with E-state index in [-0.39, 0.29) is 23.3 Å². The number of amides is 1. The third-order valence-corrected chi connectivity index (χ3v) is 3.90. The van der Waals surface area contributed by atoms with Crippen molar-refractivity contribution in [3.05, 3.63) is 35.7 Å². The molecule has 3 heterocycles. The number of nitrogens with zero attached hydrogens (tertiary/aromatic N) is 4. The average molecular weight is 303 g/mol. The Morgan fingerprint density at radius 3 is 2.90 bits per heavy atom. The van der Waals surface area contributed by atoms with E-state index in [0.29, 0.717) is 17.9 Å². The molecule has 2 aromatic heterocycles. The zero-order valence-electron chi connectivity index (χ0n) is 11.3. The Kier molecular flexibility index (Phi) is 3.38. The van der Waals surface area contributed by atoms with Crippen LogP contribution in [0.3, 0.4) is 0 Å². The van der Waals surface area contributed by atoms with Crippen LogP contribution < -0.4 is 10.6 Å². The molecule has 2 N–H and O–H groups in total. The van der Waals surface area contributed by atoms with Crippen molar-refractivity contribution >= 4 is 28.3 Å². The number of carbonyl (C=O) groups excluding carboxylic acids is 1. The first-order chi connectivity index (χ1) is 10.1. The van der Waals surface area contributed by atoms with Crippen molar-refractivity contribution in [1.82, 2.24) is 15.0 Å². The Morgan fingerprint density at radius 2 is 2.24 bits per heavy atom. The first-order valence-corrected chi connectivity index (χ1v) is 7.81. The van der Waals surface area contributed by atoms with Gasteiger partial charge in [-0.1, -0.05) is 6.07 Å². The number of hydrogen-bond donors (Lipinski definition) is 1. The van der Waals surface area contributed by atoms with Gasteiger partial charge >= 0.3 is 0 Å². The van der Waals surface area contributed by atoms with Gasteiger partial charge in [-0.2, -0.15) is 0 Å². The van der Waals surface area contributed by atoms with Gasteiger partial charge < -0.3 is 5.73 Å². The third-order valence-electron chi connectivity index (χ3n) is 3.20. The SMILES string of the molecule is CS(=O)c1nc(N)c2c(n1)N(Cc1cccnc1)C(=O)C2. The van der Waals surface area contributed by atoms with Gasteiger partial charge in [0, 0.05) is 24.2 Å². The number of fused-ring (bicyclic) bond motifs is 1. The fraction of sp³-hybridized carbons (Fsp3) is 0.231. The molecule has 0 bridgehead atoms. The molecule has 108 valence electrons. The second kappa shape index (κ2) is 5.21. The molecular weight excluding hydrogens is 290 g/mol. The van der Waals surface area contributed by atoms with Gasteiger partial charge in [0.25, 0.3) is 0 Å². The molecule has 3 rings (SSSR count). The summed E-state index contributed by atoms with van der Waals surface area (Å²) in [4.78, 5) is 26.0. The summed E-state index contributed by atoms with van der Waals surface area (Å²) in [5.74, 6) is 0.558. The molecule has 1 aliphatic rings. The number of anilines is 2. The van der Waals surface area contributed by atoms with Crippen LogP contribution in [0.25, 0.3) is 0 Å². The van der Waals surface area contributed by atoms with Crippen LogP contribution in [0, 0.1) is 0 Å². The number of nitrogens with two attached hydrogens (primary N) is 1. The highest BCUT2D eigenvalue weighted by molar-refractivity contribution is 7.84. The van der Waals surface area contributed by atoms with E-state index in [9.17, 15) is 9.00 Å². The predicted octanol–water partition coefficient (Wildman–Crippen LogP) is 0.280. The van der Waals surface area contributed by atoms with E-state index in [4.69, 9.17) is 5.73 Å². The summed E-state index contributed by atoms with van der Waals surface area (Å²) in [5.41, 5.74) is 7.33. The number of pyridine rings is 1. The van der Waals surface area contributed by atoms with Crippen LogP contribution in [-0.4, -0.2) is 31.3 Å². The summed E-state index contributed by atoms with van der Waals surface area (Å²) in [6.07, 6.45) is 5.00. The predicted molar refractivity (Wildman–Crippen MR) is 77.9 cm³/mol. The molecule has 0 aromatic carbocycles. The molecule has 0 fully saturated rings. The van der Waals surface area contributed by atoms with Gasteiger partial charge in [-0.15, -0.1) is 0 Å². The van der Waals surface area contributed by atoms with Crippen molar-refractivity contribution in [2.24, 2.45) is 0 Å². The number of aromatic nitrogens is 3. The van der Waals surface area contributed by atoms with Crippen molar-refractivity contribution in [1.29, 1.82) is 0 Å². The van der Waals surface area contributed by atoms with Gasteiger partial charge in [0.2, 0.25) is 11.1 Å². The molecule has 0 radical (unpaired) electrons. The van der Waals surface area contributed by atoms with Gasteiger partial charge in [-0.25, -0.2) is 9.97 Å². The Morgan fingerprint density at radius 1 is 1.43 bits per heavy atom. The van der Waals surface area contributed by atoms with Gasteiger partial charge in [0.1, 0.15) is 11.6 Å². The minimum atomic E-state index is -1.36. The highest BCUT2D eigenvalue weighted by Crippen LogP contribution is 2.31. The molecule has 1 unspecified atom stereocenters. The molecule has 8 heteroatoms. The molecule has 0 spiro atoms. The third kappa shape index (κ3) is 2.49. The van der Waals surface area contributed by atoms with Gasteiger partial charge in [0.05, 0.1) is 23.8 Å². The van der Waals surface area contributed by atoms with E-state index < -0.39 is 10.8 Å². The fourth-order valence-corrected chi connectivity index (χ4v) is 2.63. The van der Waals surface area contributed by atoms with Gasteiger partial charge in [-0.3, -0.25) is 18.9 Å². The molecular formula is C13H13N5O2S. The molecule has 1 atom stereocenters. The maximum Gasteiger partial charge on any atom is 0.233 e. The van der Waals surface area contributed by atoms with Crippen LogP contribution in [0.1, 0.15) is 11.1 Å². The summed E-state index contributed by atoms with van der Waals surface area (Å²) in [6, 6.07) is 3.68. The number of rotatable bonds is 3. The Balaban J connectivity index is 2.02. The molecule has 7 nitrogen and oxygen atoms in total. The summed E-state index contributed by atoms with van der Waals surface area (Å²) in [6.45, 7) is 0.353. The summed E-state index contributed by atoms with van der Waals surface area (Å²) in [5, 5.41) is 0.136. The largest absolute Gasteiger partial charge is 0.383 e. The van der Waals surface area contributed by atoms with Crippen LogP contribution >= 0.6 is 0 Å². The number of nitrogen functional groups attached to an aromatic ring is 1. The van der Waals surface area contributed by atoms with E-state index in [0.717, 1.165) is 5.56 Å². The minimum Gasteiger partial charge on any atom is -0.383 e. The topological polar surface area (TPSA) is 102 Å². The molecule has 1 amide bonds. The van der Waals surface area contributed by atoms with Crippen molar-refractivity contribution in [2.75, 3.05) is 16.9 Å². The molecule has 1 aliphatic heterocycles. The number of carbonyl (C=O) groups is 1. The van der Waals surface area contributed by atoms with Gasteiger partial charge in [-0.05, 0) is 11.6 Å². The van der Waals surface area contributed by atoms with E-state index in [2.05, 4.69) is 15.0 Å². The zero-order valence-corrected chi connectivity index (χ0v) is 12.1. The lowest BCUT2D eigenvalue weighted by Gasteiger charge is -2.16. The lowest BCUT2D eigenvalue weighted by Crippen LogP contribution is -2.27.